The Balaban J connectivity index is 2.77. The van der Waals surface area contributed by atoms with Crippen molar-refractivity contribution in [2.75, 3.05) is 25.6 Å². The first-order valence-electron chi connectivity index (χ1n) is 4.08. The quantitative estimate of drug-likeness (QED) is 0.700. The molecule has 1 N–H and O–H groups in total. The van der Waals surface area contributed by atoms with E-state index in [-0.39, 0.29) is 0 Å². The minimum absolute atomic E-state index is 0.592. The summed E-state index contributed by atoms with van der Waals surface area (Å²) in [6.07, 6.45) is 1.53. The number of rotatable bonds is 2. The van der Waals surface area contributed by atoms with Crippen molar-refractivity contribution in [3.63, 3.8) is 0 Å². The molecule has 0 aromatic carbocycles. The summed E-state index contributed by atoms with van der Waals surface area (Å²) >= 11 is 1.84. The van der Waals surface area contributed by atoms with Crippen molar-refractivity contribution < 1.29 is 9.90 Å². The van der Waals surface area contributed by atoms with Gasteiger partial charge in [-0.3, -0.25) is 9.69 Å². The second-order valence-corrected chi connectivity index (χ2v) is 4.57. The van der Waals surface area contributed by atoms with Crippen molar-refractivity contribution in [1.29, 1.82) is 0 Å². The number of carbonyl (C=O) groups is 1. The van der Waals surface area contributed by atoms with Crippen LogP contribution in [0.25, 0.3) is 0 Å². The van der Waals surface area contributed by atoms with Crippen LogP contribution in [0.5, 0.6) is 0 Å². The molecule has 0 bridgehead atoms. The van der Waals surface area contributed by atoms with Gasteiger partial charge in [0.15, 0.2) is 0 Å². The number of hydrogen-bond acceptors (Lipinski definition) is 3. The lowest BCUT2D eigenvalue weighted by Gasteiger charge is -2.38. The van der Waals surface area contributed by atoms with Gasteiger partial charge in [-0.1, -0.05) is 0 Å². The van der Waals surface area contributed by atoms with Gasteiger partial charge in [-0.25, -0.2) is 0 Å². The first kappa shape index (κ1) is 9.86. The maximum Gasteiger partial charge on any atom is 0.324 e. The topological polar surface area (TPSA) is 40.5 Å². The molecule has 1 rings (SSSR count). The second-order valence-electron chi connectivity index (χ2n) is 3.34. The molecule has 0 radical (unpaired) electrons. The largest absolute Gasteiger partial charge is 0.480 e. The van der Waals surface area contributed by atoms with Crippen molar-refractivity contribution in [3.05, 3.63) is 0 Å². The van der Waals surface area contributed by atoms with Crippen LogP contribution in [0.4, 0.5) is 0 Å². The van der Waals surface area contributed by atoms with E-state index in [2.05, 4.69) is 0 Å². The molecule has 0 unspecified atom stereocenters. The van der Waals surface area contributed by atoms with Gasteiger partial charge in [0.1, 0.15) is 5.54 Å². The predicted molar refractivity (Wildman–Crippen MR) is 50.6 cm³/mol. The molecule has 0 amide bonds. The lowest BCUT2D eigenvalue weighted by Crippen LogP contribution is -2.53. The number of carboxylic acid groups (broad SMARTS) is 1. The molecule has 0 atom stereocenters. The highest BCUT2D eigenvalue weighted by molar-refractivity contribution is 7.99. The fourth-order valence-corrected chi connectivity index (χ4v) is 2.73. The molecule has 4 heteroatoms. The number of carboxylic acids is 1. The molecule has 1 aliphatic heterocycles. The van der Waals surface area contributed by atoms with Crippen LogP contribution in [0, 0.1) is 0 Å². The van der Waals surface area contributed by atoms with E-state index in [4.69, 9.17) is 5.11 Å². The summed E-state index contributed by atoms with van der Waals surface area (Å²) < 4.78 is 0. The van der Waals surface area contributed by atoms with Gasteiger partial charge in [0.05, 0.1) is 0 Å². The normalized spacial score (nSPS) is 22.6. The summed E-state index contributed by atoms with van der Waals surface area (Å²) in [7, 11) is 3.70. The van der Waals surface area contributed by atoms with E-state index in [1.165, 1.54) is 0 Å². The molecule has 1 heterocycles. The summed E-state index contributed by atoms with van der Waals surface area (Å²) in [5.41, 5.74) is -0.592. The van der Waals surface area contributed by atoms with E-state index in [9.17, 15) is 4.79 Å². The average Bonchev–Trinajstić information content (AvgIpc) is 2.05. The third-order valence-electron chi connectivity index (χ3n) is 2.57. The van der Waals surface area contributed by atoms with E-state index < -0.39 is 11.5 Å². The fraction of sp³-hybridized carbons (Fsp3) is 0.875. The van der Waals surface area contributed by atoms with E-state index in [0.717, 1.165) is 24.3 Å². The van der Waals surface area contributed by atoms with E-state index >= 15 is 0 Å². The summed E-state index contributed by atoms with van der Waals surface area (Å²) in [5.74, 6) is 1.25. The van der Waals surface area contributed by atoms with Crippen molar-refractivity contribution in [2.24, 2.45) is 0 Å². The summed E-state index contributed by atoms with van der Waals surface area (Å²) in [6.45, 7) is 0. The van der Waals surface area contributed by atoms with Gasteiger partial charge < -0.3 is 5.11 Å². The highest BCUT2D eigenvalue weighted by Crippen LogP contribution is 2.30. The Kier molecular flexibility index (Phi) is 3.01. The van der Waals surface area contributed by atoms with Crippen LogP contribution in [0.2, 0.25) is 0 Å². The zero-order valence-corrected chi connectivity index (χ0v) is 8.36. The zero-order valence-electron chi connectivity index (χ0n) is 7.54. The van der Waals surface area contributed by atoms with Crippen molar-refractivity contribution >= 4 is 17.7 Å². The minimum Gasteiger partial charge on any atom is -0.480 e. The third kappa shape index (κ3) is 1.59. The van der Waals surface area contributed by atoms with Gasteiger partial charge in [-0.2, -0.15) is 11.8 Å². The number of aliphatic carboxylic acids is 1. The van der Waals surface area contributed by atoms with E-state index in [1.54, 1.807) is 0 Å². The molecule has 70 valence electrons. The molecule has 12 heavy (non-hydrogen) atoms. The molecule has 0 aromatic rings. The van der Waals surface area contributed by atoms with Gasteiger partial charge in [0, 0.05) is 0 Å². The van der Waals surface area contributed by atoms with Gasteiger partial charge in [0.2, 0.25) is 0 Å². The van der Waals surface area contributed by atoms with Crippen LogP contribution in [-0.2, 0) is 4.79 Å². The molecule has 0 spiro atoms. The first-order chi connectivity index (χ1) is 5.59. The van der Waals surface area contributed by atoms with Crippen molar-refractivity contribution in [2.45, 2.75) is 18.4 Å². The number of likely N-dealkylation sites (N-methyl/N-ethyl adjacent to an activating group) is 1. The van der Waals surface area contributed by atoms with E-state index in [0.29, 0.717) is 0 Å². The Morgan fingerprint density at radius 1 is 1.42 bits per heavy atom. The van der Waals surface area contributed by atoms with Gasteiger partial charge >= 0.3 is 5.97 Å². The zero-order chi connectivity index (χ0) is 9.19. The van der Waals surface area contributed by atoms with Gasteiger partial charge in [0.25, 0.3) is 0 Å². The van der Waals surface area contributed by atoms with Crippen LogP contribution >= 0.6 is 11.8 Å². The van der Waals surface area contributed by atoms with Crippen LogP contribution < -0.4 is 0 Å². The minimum atomic E-state index is -0.673. The summed E-state index contributed by atoms with van der Waals surface area (Å²) in [5, 5.41) is 9.11. The molecule has 1 aliphatic rings. The predicted octanol–water partition coefficient (Wildman–Crippen LogP) is 0.898. The average molecular weight is 189 g/mol. The molecule has 1 fully saturated rings. The molecule has 0 saturated carbocycles. The molecule has 1 saturated heterocycles. The maximum atomic E-state index is 11.1. The Bertz CT molecular complexity index is 176. The van der Waals surface area contributed by atoms with Gasteiger partial charge in [-0.05, 0) is 38.4 Å². The van der Waals surface area contributed by atoms with Crippen LogP contribution in [0.15, 0.2) is 0 Å². The summed E-state index contributed by atoms with van der Waals surface area (Å²) in [4.78, 5) is 12.9. The van der Waals surface area contributed by atoms with Crippen LogP contribution in [0.1, 0.15) is 12.8 Å². The Hall–Kier alpha value is -0.220. The fourth-order valence-electron chi connectivity index (χ4n) is 1.56. The van der Waals surface area contributed by atoms with Crippen molar-refractivity contribution in [3.8, 4) is 0 Å². The van der Waals surface area contributed by atoms with E-state index in [1.807, 2.05) is 30.8 Å². The number of nitrogens with zero attached hydrogens (tertiary/aromatic N) is 1. The molecular weight excluding hydrogens is 174 g/mol. The molecule has 0 aromatic heterocycles. The second kappa shape index (κ2) is 3.66. The smallest absolute Gasteiger partial charge is 0.324 e. The Morgan fingerprint density at radius 2 is 1.92 bits per heavy atom. The Labute approximate surface area is 77.1 Å². The highest BCUT2D eigenvalue weighted by Gasteiger charge is 2.41. The summed E-state index contributed by atoms with van der Waals surface area (Å²) in [6, 6.07) is 0. The first-order valence-corrected chi connectivity index (χ1v) is 5.23. The molecule has 0 aliphatic carbocycles. The number of thioether (sulfide) groups is 1. The third-order valence-corrected chi connectivity index (χ3v) is 3.56. The SMILES string of the molecule is CN(C)C1(C(=O)O)CCSCC1. The molecular formula is C8H15NO2S. The number of hydrogen-bond donors (Lipinski definition) is 1. The lowest BCUT2D eigenvalue weighted by molar-refractivity contribution is -0.150. The molecule has 3 nitrogen and oxygen atoms in total. The van der Waals surface area contributed by atoms with Crippen molar-refractivity contribution in [1.82, 2.24) is 4.90 Å². The monoisotopic (exact) mass is 189 g/mol. The van der Waals surface area contributed by atoms with Gasteiger partial charge in [-0.15, -0.1) is 0 Å². The highest BCUT2D eigenvalue weighted by atomic mass is 32.2. The lowest BCUT2D eigenvalue weighted by atomic mass is 9.91. The standard InChI is InChI=1S/C8H15NO2S/c1-9(2)8(7(10)11)3-5-12-6-4-8/h3-6H2,1-2H3,(H,10,11). The van der Waals surface area contributed by atoms with Crippen LogP contribution in [0.3, 0.4) is 0 Å². The Morgan fingerprint density at radius 3 is 2.17 bits per heavy atom. The maximum absolute atomic E-state index is 11.1. The van der Waals surface area contributed by atoms with Crippen LogP contribution in [-0.4, -0.2) is 47.1 Å².